The largest absolute Gasteiger partial charge is 0.184 e. The zero-order chi connectivity index (χ0) is 4.24. The van der Waals surface area contributed by atoms with E-state index in [4.69, 9.17) is 0 Å². The molecule has 60 valence electrons. The second kappa shape index (κ2) is 23.0. The molecule has 1 aromatic carbocycles. The molecule has 0 spiro atoms. The Bertz CT molecular complexity index is 82.9. The summed E-state index contributed by atoms with van der Waals surface area (Å²) in [6, 6.07) is 12.5. The van der Waals surface area contributed by atoms with Crippen molar-refractivity contribution >= 4 is 0 Å². The first kappa shape index (κ1) is 29.2. The molecule has 0 atom stereocenters. The summed E-state index contributed by atoms with van der Waals surface area (Å²) in [7, 11) is 0. The van der Waals surface area contributed by atoms with Gasteiger partial charge in [-0.3, -0.25) is 0 Å². The van der Waals surface area contributed by atoms with Gasteiger partial charge in [0, 0.05) is 105 Å². The number of benzene rings is 1. The molecule has 0 saturated heterocycles. The molecule has 11 heavy (non-hydrogen) atoms. The van der Waals surface area contributed by atoms with E-state index in [1.165, 1.54) is 0 Å². The summed E-state index contributed by atoms with van der Waals surface area (Å²) in [5.74, 6) is 0. The van der Waals surface area contributed by atoms with Crippen LogP contribution in [-0.2, 0) is 105 Å². The molecule has 0 aliphatic heterocycles. The van der Waals surface area contributed by atoms with Gasteiger partial charge >= 0.3 is 0 Å². The summed E-state index contributed by atoms with van der Waals surface area (Å²) in [6.45, 7) is 0. The maximum atomic E-state index is 2.89. The molecule has 0 saturated carbocycles. The van der Waals surface area contributed by atoms with E-state index in [0.29, 0.717) is 0 Å². The van der Waals surface area contributed by atoms with E-state index in [-0.39, 0.29) is 105 Å². The van der Waals surface area contributed by atoms with E-state index in [2.05, 4.69) is 6.07 Å². The SMILES string of the molecule is [W].[W].[W].[W].[W].[c-]1ccccc1. The van der Waals surface area contributed by atoms with Gasteiger partial charge in [0.25, 0.3) is 0 Å². The second-order valence-electron chi connectivity index (χ2n) is 1.08. The molecule has 0 aliphatic carbocycles. The van der Waals surface area contributed by atoms with Crippen LogP contribution in [0, 0.1) is 6.07 Å². The first-order valence-corrected chi connectivity index (χ1v) is 1.91. The van der Waals surface area contributed by atoms with Crippen LogP contribution in [-0.4, -0.2) is 0 Å². The van der Waals surface area contributed by atoms with Crippen LogP contribution in [0.15, 0.2) is 30.3 Å². The Hall–Kier alpha value is 2.66. The van der Waals surface area contributed by atoms with Crippen molar-refractivity contribution in [2.45, 2.75) is 0 Å². The van der Waals surface area contributed by atoms with Crippen LogP contribution in [0.3, 0.4) is 0 Å². The maximum Gasteiger partial charge on any atom is 0 e. The van der Waals surface area contributed by atoms with E-state index >= 15 is 0 Å². The Balaban J connectivity index is -0.0000000240. The summed E-state index contributed by atoms with van der Waals surface area (Å²) in [4.78, 5) is 0. The summed E-state index contributed by atoms with van der Waals surface area (Å²) in [5.41, 5.74) is 0. The van der Waals surface area contributed by atoms with Gasteiger partial charge in [0.1, 0.15) is 0 Å². The third-order valence-corrected chi connectivity index (χ3v) is 0.607. The van der Waals surface area contributed by atoms with Crippen molar-refractivity contribution in [1.29, 1.82) is 0 Å². The predicted octanol–water partition coefficient (Wildman–Crippen LogP) is 1.47. The standard InChI is InChI=1S/C6H5.5W/c1-2-4-6-5-3-1;;;;;/h1-5H;;;;;/q-1;;;;;. The van der Waals surface area contributed by atoms with E-state index < -0.39 is 0 Å². The van der Waals surface area contributed by atoms with Gasteiger partial charge in [-0.15, -0.1) is 0 Å². The van der Waals surface area contributed by atoms with Gasteiger partial charge in [0.2, 0.25) is 0 Å². The average Bonchev–Trinajstić information content (AvgIpc) is 1.72. The molecular formula is C6H5W5-. The Morgan fingerprint density at radius 1 is 0.545 bits per heavy atom. The van der Waals surface area contributed by atoms with Crippen LogP contribution in [0.4, 0.5) is 0 Å². The Morgan fingerprint density at radius 3 is 1.00 bits per heavy atom. The van der Waals surface area contributed by atoms with Crippen molar-refractivity contribution in [2.24, 2.45) is 0 Å². The molecule has 0 amide bonds. The Morgan fingerprint density at radius 2 is 0.909 bits per heavy atom. The minimum atomic E-state index is 0. The van der Waals surface area contributed by atoms with Gasteiger partial charge in [-0.2, -0.15) is 36.4 Å². The number of rotatable bonds is 0. The first-order valence-electron chi connectivity index (χ1n) is 1.91. The van der Waals surface area contributed by atoms with Crippen molar-refractivity contribution in [3.63, 3.8) is 0 Å². The molecule has 0 N–H and O–H groups in total. The smallest absolute Gasteiger partial charge is 0 e. The van der Waals surface area contributed by atoms with Crippen LogP contribution >= 0.6 is 0 Å². The van der Waals surface area contributed by atoms with Crippen LogP contribution in [0.5, 0.6) is 0 Å². The van der Waals surface area contributed by atoms with Gasteiger partial charge in [0.15, 0.2) is 0 Å². The van der Waals surface area contributed by atoms with E-state index in [0.717, 1.165) is 0 Å². The Kier molecular flexibility index (Phi) is 60.9. The van der Waals surface area contributed by atoms with Gasteiger partial charge in [-0.25, -0.2) is 0 Å². The number of hydrogen-bond acceptors (Lipinski definition) is 0. The molecular weight excluding hydrogens is 991 g/mol. The Labute approximate surface area is 139 Å². The predicted molar refractivity (Wildman–Crippen MR) is 25.3 cm³/mol. The fourth-order valence-corrected chi connectivity index (χ4v) is 0.342. The molecule has 1 rings (SSSR count). The van der Waals surface area contributed by atoms with Gasteiger partial charge in [-0.1, -0.05) is 0 Å². The van der Waals surface area contributed by atoms with Crippen molar-refractivity contribution in [3.05, 3.63) is 36.4 Å². The molecule has 0 heterocycles. The van der Waals surface area contributed by atoms with Crippen molar-refractivity contribution in [2.75, 3.05) is 0 Å². The minimum Gasteiger partial charge on any atom is -0.184 e. The summed E-state index contributed by atoms with van der Waals surface area (Å²) >= 11 is 0. The van der Waals surface area contributed by atoms with E-state index in [9.17, 15) is 0 Å². The fourth-order valence-electron chi connectivity index (χ4n) is 0.342. The molecule has 0 aliphatic rings. The molecule has 5 heteroatoms. The van der Waals surface area contributed by atoms with Gasteiger partial charge < -0.3 is 0 Å². The zero-order valence-electron chi connectivity index (χ0n) is 5.43. The van der Waals surface area contributed by atoms with Crippen LogP contribution in [0.25, 0.3) is 0 Å². The summed E-state index contributed by atoms with van der Waals surface area (Å²) < 4.78 is 0. The topological polar surface area (TPSA) is 0 Å². The van der Waals surface area contributed by atoms with E-state index in [1.807, 2.05) is 30.3 Å². The second-order valence-corrected chi connectivity index (χ2v) is 1.08. The zero-order valence-corrected chi connectivity index (χ0v) is 20.1. The van der Waals surface area contributed by atoms with Crippen molar-refractivity contribution in [3.8, 4) is 0 Å². The molecule has 1 aromatic rings. The third kappa shape index (κ3) is 19.2. The molecule has 0 fully saturated rings. The average molecular weight is 996 g/mol. The third-order valence-electron chi connectivity index (χ3n) is 0.607. The quantitative estimate of drug-likeness (QED) is 0.347. The molecule has 0 bridgehead atoms. The normalized spacial score (nSPS) is 4.36. The van der Waals surface area contributed by atoms with Gasteiger partial charge in [0.05, 0.1) is 0 Å². The molecule has 0 unspecified atom stereocenters. The molecule has 0 aromatic heterocycles. The first-order chi connectivity index (χ1) is 3.00. The molecule has 0 radical (unpaired) electrons. The van der Waals surface area contributed by atoms with Crippen molar-refractivity contribution in [1.82, 2.24) is 0 Å². The monoisotopic (exact) mass is 997 g/mol. The number of hydrogen-bond donors (Lipinski definition) is 0. The molecule has 0 nitrogen and oxygen atoms in total. The van der Waals surface area contributed by atoms with Crippen LogP contribution in [0.2, 0.25) is 0 Å². The van der Waals surface area contributed by atoms with Gasteiger partial charge in [-0.05, 0) is 0 Å². The van der Waals surface area contributed by atoms with Crippen molar-refractivity contribution < 1.29 is 105 Å². The summed E-state index contributed by atoms with van der Waals surface area (Å²) in [6.07, 6.45) is 0. The minimum absolute atomic E-state index is 0. The summed E-state index contributed by atoms with van der Waals surface area (Å²) in [5, 5.41) is 0. The maximum absolute atomic E-state index is 2.89. The fraction of sp³-hybridized carbons (Fsp3) is 0. The van der Waals surface area contributed by atoms with Crippen LogP contribution < -0.4 is 0 Å². The van der Waals surface area contributed by atoms with Crippen LogP contribution in [0.1, 0.15) is 0 Å². The van der Waals surface area contributed by atoms with E-state index in [1.54, 1.807) is 0 Å².